The van der Waals surface area contributed by atoms with E-state index in [2.05, 4.69) is 15.1 Å². The summed E-state index contributed by atoms with van der Waals surface area (Å²) < 4.78 is 14.6. The van der Waals surface area contributed by atoms with Crippen LogP contribution in [0.5, 0.6) is 0 Å². The Morgan fingerprint density at radius 1 is 1.21 bits per heavy atom. The minimum absolute atomic E-state index is 0.232. The van der Waals surface area contributed by atoms with Crippen molar-refractivity contribution in [3.63, 3.8) is 0 Å². The number of benzene rings is 1. The van der Waals surface area contributed by atoms with Gasteiger partial charge in [0.05, 0.1) is 11.9 Å². The van der Waals surface area contributed by atoms with E-state index in [9.17, 15) is 4.39 Å². The summed E-state index contributed by atoms with van der Waals surface area (Å²) in [6, 6.07) is 6.40. The maximum absolute atomic E-state index is 12.8. The van der Waals surface area contributed by atoms with Crippen LogP contribution in [0.4, 0.5) is 4.39 Å². The van der Waals surface area contributed by atoms with Crippen LogP contribution in [-0.4, -0.2) is 26.1 Å². The lowest BCUT2D eigenvalue weighted by Gasteiger charge is -1.97. The van der Waals surface area contributed by atoms with Crippen molar-refractivity contribution in [2.75, 3.05) is 6.54 Å². The van der Waals surface area contributed by atoms with Crippen molar-refractivity contribution in [2.24, 2.45) is 5.73 Å². The van der Waals surface area contributed by atoms with Gasteiger partial charge < -0.3 is 5.73 Å². The van der Waals surface area contributed by atoms with Crippen LogP contribution in [0.25, 0.3) is 5.78 Å². The summed E-state index contributed by atoms with van der Waals surface area (Å²) in [4.78, 5) is 8.75. The van der Waals surface area contributed by atoms with Gasteiger partial charge in [-0.15, -0.1) is 0 Å². The molecule has 1 aromatic carbocycles. The van der Waals surface area contributed by atoms with Crippen LogP contribution in [0.3, 0.4) is 0 Å². The third kappa shape index (κ3) is 2.48. The Hall–Kier alpha value is -2.21. The highest BCUT2D eigenvalue weighted by Crippen LogP contribution is 2.09. The fourth-order valence-corrected chi connectivity index (χ4v) is 2.01. The summed E-state index contributed by atoms with van der Waals surface area (Å²) in [5.74, 6) is 1.21. The zero-order valence-electron chi connectivity index (χ0n) is 10.3. The van der Waals surface area contributed by atoms with Gasteiger partial charge >= 0.3 is 0 Å². The predicted molar refractivity (Wildman–Crippen MR) is 69.3 cm³/mol. The van der Waals surface area contributed by atoms with E-state index in [-0.39, 0.29) is 5.82 Å². The van der Waals surface area contributed by atoms with Crippen LogP contribution in [0, 0.1) is 5.82 Å². The smallest absolute Gasteiger partial charge is 0.250 e. The predicted octanol–water partition coefficient (Wildman–Crippen LogP) is 1.29. The van der Waals surface area contributed by atoms with Gasteiger partial charge in [-0.05, 0) is 24.2 Å². The van der Waals surface area contributed by atoms with Crippen LogP contribution in [-0.2, 0) is 12.8 Å². The van der Waals surface area contributed by atoms with E-state index in [0.29, 0.717) is 18.7 Å². The number of aromatic amines is 1. The first-order valence-electron chi connectivity index (χ1n) is 6.12. The molecule has 0 atom stereocenters. The van der Waals surface area contributed by atoms with E-state index in [1.165, 1.54) is 12.1 Å². The molecule has 3 aromatic rings. The molecule has 0 bridgehead atoms. The average molecular weight is 259 g/mol. The second kappa shape index (κ2) is 4.81. The molecular weight excluding hydrogens is 245 g/mol. The molecule has 0 spiro atoms. The molecular formula is C13H14FN5. The van der Waals surface area contributed by atoms with Gasteiger partial charge in [-0.3, -0.25) is 5.10 Å². The summed E-state index contributed by atoms with van der Waals surface area (Å²) in [6.45, 7) is 0.572. The van der Waals surface area contributed by atoms with Crippen LogP contribution in [0.1, 0.15) is 17.1 Å². The number of imidazole rings is 1. The molecule has 0 saturated heterocycles. The lowest BCUT2D eigenvalue weighted by molar-refractivity contribution is 0.627. The van der Waals surface area contributed by atoms with Gasteiger partial charge in [-0.25, -0.2) is 13.9 Å². The highest BCUT2D eigenvalue weighted by Gasteiger charge is 2.07. The molecule has 3 rings (SSSR count). The summed E-state index contributed by atoms with van der Waals surface area (Å²) in [5, 5.41) is 3.15. The lowest BCUT2D eigenvalue weighted by Crippen LogP contribution is -2.02. The minimum Gasteiger partial charge on any atom is -0.330 e. The summed E-state index contributed by atoms with van der Waals surface area (Å²) >= 11 is 0. The number of nitrogens with two attached hydrogens (primary N) is 1. The number of hydrogen-bond acceptors (Lipinski definition) is 3. The van der Waals surface area contributed by atoms with E-state index >= 15 is 0 Å². The lowest BCUT2D eigenvalue weighted by atomic mass is 10.1. The van der Waals surface area contributed by atoms with Gasteiger partial charge in [-0.1, -0.05) is 12.1 Å². The quantitative estimate of drug-likeness (QED) is 0.741. The third-order valence-electron chi connectivity index (χ3n) is 2.91. The molecule has 0 aliphatic heterocycles. The molecule has 19 heavy (non-hydrogen) atoms. The summed E-state index contributed by atoms with van der Waals surface area (Å²) in [5.41, 5.74) is 7.41. The molecule has 5 nitrogen and oxygen atoms in total. The molecule has 0 aliphatic rings. The largest absolute Gasteiger partial charge is 0.330 e. The highest BCUT2D eigenvalue weighted by atomic mass is 19.1. The van der Waals surface area contributed by atoms with Gasteiger partial charge in [0.15, 0.2) is 0 Å². The fourth-order valence-electron chi connectivity index (χ4n) is 2.01. The molecule has 3 N–H and O–H groups in total. The number of nitrogens with zero attached hydrogens (tertiary/aromatic N) is 3. The number of hydrogen-bond donors (Lipinski definition) is 2. The normalized spacial score (nSPS) is 11.3. The Bertz CT molecular complexity index is 651. The fraction of sp³-hybridized carbons (Fsp3) is 0.231. The SMILES string of the molecule is NCCc1cn2[nH]c(Cc3ccc(F)cc3)nc2n1. The second-order valence-corrected chi connectivity index (χ2v) is 4.41. The zero-order valence-corrected chi connectivity index (χ0v) is 10.3. The Balaban J connectivity index is 1.81. The number of rotatable bonds is 4. The van der Waals surface area contributed by atoms with Gasteiger partial charge in [0, 0.05) is 12.8 Å². The average Bonchev–Trinajstić information content (AvgIpc) is 2.90. The van der Waals surface area contributed by atoms with Crippen LogP contribution in [0.2, 0.25) is 0 Å². The van der Waals surface area contributed by atoms with Crippen LogP contribution in [0.15, 0.2) is 30.5 Å². The van der Waals surface area contributed by atoms with E-state index in [4.69, 9.17) is 5.73 Å². The van der Waals surface area contributed by atoms with Crippen molar-refractivity contribution >= 4 is 5.78 Å². The molecule has 2 aromatic heterocycles. The van der Waals surface area contributed by atoms with E-state index in [0.717, 1.165) is 23.5 Å². The molecule has 2 heterocycles. The van der Waals surface area contributed by atoms with Gasteiger partial charge in [0.25, 0.3) is 5.78 Å². The van der Waals surface area contributed by atoms with Crippen molar-refractivity contribution in [2.45, 2.75) is 12.8 Å². The highest BCUT2D eigenvalue weighted by molar-refractivity contribution is 5.31. The maximum Gasteiger partial charge on any atom is 0.250 e. The number of halogens is 1. The molecule has 6 heteroatoms. The maximum atomic E-state index is 12.8. The topological polar surface area (TPSA) is 72.0 Å². The Morgan fingerprint density at radius 2 is 2.00 bits per heavy atom. The van der Waals surface area contributed by atoms with Crippen LogP contribution >= 0.6 is 0 Å². The molecule has 0 aliphatic carbocycles. The minimum atomic E-state index is -0.232. The molecule has 98 valence electrons. The van der Waals surface area contributed by atoms with Crippen LogP contribution < -0.4 is 5.73 Å². The number of nitrogens with one attached hydrogen (secondary N) is 1. The van der Waals surface area contributed by atoms with Gasteiger partial charge in [0.1, 0.15) is 11.6 Å². The van der Waals surface area contributed by atoms with E-state index in [1.807, 2.05) is 6.20 Å². The Labute approximate surface area is 109 Å². The van der Waals surface area contributed by atoms with Crippen molar-refractivity contribution < 1.29 is 4.39 Å². The van der Waals surface area contributed by atoms with E-state index < -0.39 is 0 Å². The summed E-state index contributed by atoms with van der Waals surface area (Å²) in [6.07, 6.45) is 3.25. The Kier molecular flexibility index (Phi) is 3.00. The Morgan fingerprint density at radius 3 is 2.68 bits per heavy atom. The molecule has 0 radical (unpaired) electrons. The number of aromatic nitrogens is 4. The monoisotopic (exact) mass is 259 g/mol. The third-order valence-corrected chi connectivity index (χ3v) is 2.91. The molecule has 0 amide bonds. The number of H-pyrrole nitrogens is 1. The summed E-state index contributed by atoms with van der Waals surface area (Å²) in [7, 11) is 0. The van der Waals surface area contributed by atoms with Crippen molar-refractivity contribution in [1.82, 2.24) is 19.6 Å². The van der Waals surface area contributed by atoms with Gasteiger partial charge in [0.2, 0.25) is 0 Å². The molecule has 0 fully saturated rings. The molecule has 0 saturated carbocycles. The number of fused-ring (bicyclic) bond motifs is 1. The van der Waals surface area contributed by atoms with Crippen molar-refractivity contribution in [3.05, 3.63) is 53.4 Å². The van der Waals surface area contributed by atoms with Gasteiger partial charge in [-0.2, -0.15) is 4.98 Å². The van der Waals surface area contributed by atoms with E-state index in [1.54, 1.807) is 16.6 Å². The molecule has 0 unspecified atom stereocenters. The standard InChI is InChI=1S/C13H14FN5/c14-10-3-1-9(2-4-10)7-12-17-13-16-11(5-6-15)8-19(13)18-12/h1-4,8H,5-7,15H2,(H,16,17,18). The first kappa shape index (κ1) is 11.9. The van der Waals surface area contributed by atoms with Crippen molar-refractivity contribution in [3.8, 4) is 0 Å². The zero-order chi connectivity index (χ0) is 13.2. The van der Waals surface area contributed by atoms with Crippen molar-refractivity contribution in [1.29, 1.82) is 0 Å². The first-order valence-corrected chi connectivity index (χ1v) is 6.12. The first-order chi connectivity index (χ1) is 9.24. The second-order valence-electron chi connectivity index (χ2n) is 4.41.